The SMILES string of the molecule is C=CCCOc1cc(C(=O)O)c(OCCC=C)cc1C(=O)O. The highest BCUT2D eigenvalue weighted by Gasteiger charge is 2.20. The Morgan fingerprint density at radius 3 is 1.55 bits per heavy atom. The Hall–Kier alpha value is -2.76. The number of hydrogen-bond donors (Lipinski definition) is 2. The zero-order valence-electron chi connectivity index (χ0n) is 12.1. The van der Waals surface area contributed by atoms with Crippen LogP contribution >= 0.6 is 0 Å². The van der Waals surface area contributed by atoms with Gasteiger partial charge in [0.15, 0.2) is 0 Å². The molecule has 0 aromatic heterocycles. The molecule has 0 atom stereocenters. The van der Waals surface area contributed by atoms with E-state index in [-0.39, 0.29) is 35.8 Å². The van der Waals surface area contributed by atoms with Crippen molar-refractivity contribution in [3.63, 3.8) is 0 Å². The van der Waals surface area contributed by atoms with Crippen LogP contribution in [0.2, 0.25) is 0 Å². The van der Waals surface area contributed by atoms with Gasteiger partial charge in [-0.25, -0.2) is 9.59 Å². The van der Waals surface area contributed by atoms with Gasteiger partial charge >= 0.3 is 11.9 Å². The van der Waals surface area contributed by atoms with E-state index in [2.05, 4.69) is 13.2 Å². The number of carboxylic acid groups (broad SMARTS) is 2. The summed E-state index contributed by atoms with van der Waals surface area (Å²) in [6.45, 7) is 7.48. The first-order valence-corrected chi connectivity index (χ1v) is 6.63. The lowest BCUT2D eigenvalue weighted by molar-refractivity contribution is 0.0673. The summed E-state index contributed by atoms with van der Waals surface area (Å²) in [6, 6.07) is 2.33. The maximum absolute atomic E-state index is 11.3. The molecule has 0 bridgehead atoms. The van der Waals surface area contributed by atoms with Crippen molar-refractivity contribution >= 4 is 11.9 Å². The topological polar surface area (TPSA) is 93.1 Å². The highest BCUT2D eigenvalue weighted by molar-refractivity contribution is 5.97. The average Bonchev–Trinajstić information content (AvgIpc) is 2.47. The second-order valence-electron chi connectivity index (χ2n) is 4.31. The van der Waals surface area contributed by atoms with E-state index in [4.69, 9.17) is 9.47 Å². The molecule has 22 heavy (non-hydrogen) atoms. The Morgan fingerprint density at radius 2 is 1.27 bits per heavy atom. The van der Waals surface area contributed by atoms with Crippen molar-refractivity contribution in [1.82, 2.24) is 0 Å². The first-order valence-electron chi connectivity index (χ1n) is 6.63. The van der Waals surface area contributed by atoms with Gasteiger partial charge in [0.05, 0.1) is 13.2 Å². The molecular formula is C16H18O6. The van der Waals surface area contributed by atoms with Crippen molar-refractivity contribution in [3.05, 3.63) is 48.6 Å². The van der Waals surface area contributed by atoms with Crippen LogP contribution in [-0.4, -0.2) is 35.4 Å². The number of rotatable bonds is 10. The second kappa shape index (κ2) is 8.51. The molecule has 118 valence electrons. The molecule has 0 saturated carbocycles. The van der Waals surface area contributed by atoms with E-state index in [0.29, 0.717) is 12.8 Å². The molecule has 0 spiro atoms. The van der Waals surface area contributed by atoms with Crippen LogP contribution in [0.3, 0.4) is 0 Å². The normalized spacial score (nSPS) is 9.82. The molecule has 0 saturated heterocycles. The van der Waals surface area contributed by atoms with Gasteiger partial charge in [-0.3, -0.25) is 0 Å². The molecule has 0 unspecified atom stereocenters. The summed E-state index contributed by atoms with van der Waals surface area (Å²) in [6.07, 6.45) is 4.26. The van der Waals surface area contributed by atoms with E-state index in [1.807, 2.05) is 0 Å². The van der Waals surface area contributed by atoms with Crippen molar-refractivity contribution in [2.75, 3.05) is 13.2 Å². The van der Waals surface area contributed by atoms with Crippen molar-refractivity contribution in [3.8, 4) is 11.5 Å². The molecule has 6 heteroatoms. The van der Waals surface area contributed by atoms with Gasteiger partial charge in [-0.2, -0.15) is 0 Å². The van der Waals surface area contributed by atoms with E-state index in [1.165, 1.54) is 0 Å². The van der Waals surface area contributed by atoms with Gasteiger partial charge in [0.25, 0.3) is 0 Å². The lowest BCUT2D eigenvalue weighted by Crippen LogP contribution is -2.10. The summed E-state index contributed by atoms with van der Waals surface area (Å²) in [5.74, 6) is -2.47. The fourth-order valence-electron chi connectivity index (χ4n) is 1.64. The second-order valence-corrected chi connectivity index (χ2v) is 4.31. The first-order chi connectivity index (χ1) is 10.5. The Bertz CT molecular complexity index is 524. The third-order valence-corrected chi connectivity index (χ3v) is 2.70. The molecule has 0 aliphatic rings. The van der Waals surface area contributed by atoms with Gasteiger partial charge in [-0.15, -0.1) is 13.2 Å². The maximum atomic E-state index is 11.3. The Balaban J connectivity index is 3.18. The third kappa shape index (κ3) is 4.66. The van der Waals surface area contributed by atoms with Crippen molar-refractivity contribution < 1.29 is 29.3 Å². The standard InChI is InChI=1S/C16H18O6/c1-3-5-7-21-13-9-12(16(19)20)14(22-8-6-4-2)10-11(13)15(17)18/h3-4,9-10H,1-2,5-8H2,(H,17,18)(H,19,20). The summed E-state index contributed by atoms with van der Waals surface area (Å²) in [7, 11) is 0. The number of benzene rings is 1. The van der Waals surface area contributed by atoms with Gasteiger partial charge < -0.3 is 19.7 Å². The molecule has 0 aliphatic heterocycles. The van der Waals surface area contributed by atoms with Crippen molar-refractivity contribution in [2.24, 2.45) is 0 Å². The highest BCUT2D eigenvalue weighted by Crippen LogP contribution is 2.29. The van der Waals surface area contributed by atoms with Crippen molar-refractivity contribution in [2.45, 2.75) is 12.8 Å². The summed E-state index contributed by atoms with van der Waals surface area (Å²) in [4.78, 5) is 22.6. The number of carboxylic acids is 2. The largest absolute Gasteiger partial charge is 0.492 e. The van der Waals surface area contributed by atoms with E-state index < -0.39 is 11.9 Å². The summed E-state index contributed by atoms with van der Waals surface area (Å²) in [5, 5.41) is 18.5. The van der Waals surface area contributed by atoms with E-state index in [0.717, 1.165) is 12.1 Å². The van der Waals surface area contributed by atoms with Gasteiger partial charge in [0.1, 0.15) is 22.6 Å². The molecule has 0 fully saturated rings. The monoisotopic (exact) mass is 306 g/mol. The molecule has 0 amide bonds. The maximum Gasteiger partial charge on any atom is 0.339 e. The van der Waals surface area contributed by atoms with Gasteiger partial charge in [-0.1, -0.05) is 12.2 Å². The van der Waals surface area contributed by atoms with Crippen LogP contribution in [0.1, 0.15) is 33.6 Å². The quantitative estimate of drug-likeness (QED) is 0.510. The lowest BCUT2D eigenvalue weighted by atomic mass is 10.1. The first kappa shape index (κ1) is 17.3. The number of hydrogen-bond acceptors (Lipinski definition) is 4. The molecule has 0 radical (unpaired) electrons. The minimum absolute atomic E-state index is 0.0113. The molecule has 2 N–H and O–H groups in total. The van der Waals surface area contributed by atoms with Crippen LogP contribution in [0.5, 0.6) is 11.5 Å². The zero-order valence-corrected chi connectivity index (χ0v) is 12.1. The fourth-order valence-corrected chi connectivity index (χ4v) is 1.64. The number of carbonyl (C=O) groups is 2. The van der Waals surface area contributed by atoms with Gasteiger partial charge in [0.2, 0.25) is 0 Å². The Kier molecular flexibility index (Phi) is 6.69. The van der Waals surface area contributed by atoms with Crippen LogP contribution in [0.15, 0.2) is 37.4 Å². The summed E-state index contributed by atoms with van der Waals surface area (Å²) in [5.41, 5.74) is -0.301. The minimum atomic E-state index is -1.22. The predicted molar refractivity (Wildman–Crippen MR) is 81.0 cm³/mol. The Labute approximate surface area is 128 Å². The average molecular weight is 306 g/mol. The molecule has 0 heterocycles. The van der Waals surface area contributed by atoms with E-state index >= 15 is 0 Å². The molecule has 0 aliphatic carbocycles. The van der Waals surface area contributed by atoms with E-state index in [9.17, 15) is 19.8 Å². The van der Waals surface area contributed by atoms with Gasteiger partial charge in [0, 0.05) is 0 Å². The van der Waals surface area contributed by atoms with Gasteiger partial charge in [-0.05, 0) is 25.0 Å². The van der Waals surface area contributed by atoms with Crippen LogP contribution in [-0.2, 0) is 0 Å². The fraction of sp³-hybridized carbons (Fsp3) is 0.250. The summed E-state index contributed by atoms with van der Waals surface area (Å²) >= 11 is 0. The van der Waals surface area contributed by atoms with Crippen LogP contribution in [0.4, 0.5) is 0 Å². The molecule has 1 rings (SSSR count). The smallest absolute Gasteiger partial charge is 0.339 e. The molecule has 1 aromatic carbocycles. The van der Waals surface area contributed by atoms with Crippen LogP contribution in [0, 0.1) is 0 Å². The Morgan fingerprint density at radius 1 is 0.909 bits per heavy atom. The van der Waals surface area contributed by atoms with Crippen LogP contribution in [0.25, 0.3) is 0 Å². The van der Waals surface area contributed by atoms with Crippen molar-refractivity contribution in [1.29, 1.82) is 0 Å². The molecule has 1 aromatic rings. The number of ether oxygens (including phenoxy) is 2. The van der Waals surface area contributed by atoms with E-state index in [1.54, 1.807) is 12.2 Å². The predicted octanol–water partition coefficient (Wildman–Crippen LogP) is 2.99. The minimum Gasteiger partial charge on any atom is -0.492 e. The highest BCUT2D eigenvalue weighted by atomic mass is 16.5. The summed E-state index contributed by atoms with van der Waals surface area (Å²) < 4.78 is 10.6. The zero-order chi connectivity index (χ0) is 16.5. The third-order valence-electron chi connectivity index (χ3n) is 2.70. The molecule has 6 nitrogen and oxygen atoms in total. The molecular weight excluding hydrogens is 288 g/mol. The van der Waals surface area contributed by atoms with Crippen LogP contribution < -0.4 is 9.47 Å². The number of aromatic carboxylic acids is 2. The lowest BCUT2D eigenvalue weighted by Gasteiger charge is -2.13.